The number of phenolic OH excluding ortho intramolecular Hbond substituents is 1. The molecule has 13 atom stereocenters. The third-order valence-corrected chi connectivity index (χ3v) is 9.29. The number of ether oxygens (including phenoxy) is 7. The molecule has 53 heavy (non-hydrogen) atoms. The summed E-state index contributed by atoms with van der Waals surface area (Å²) in [6.07, 6.45) is -20.2. The molecule has 11 N–H and O–H groups in total. The van der Waals surface area contributed by atoms with Gasteiger partial charge in [-0.2, -0.15) is 0 Å². The molecule has 3 aliphatic heterocycles. The Bertz CT molecular complexity index is 1780. The van der Waals surface area contributed by atoms with Crippen molar-refractivity contribution in [3.63, 3.8) is 0 Å². The van der Waals surface area contributed by atoms with Gasteiger partial charge in [0, 0.05) is 17.7 Å². The maximum Gasteiger partial charge on any atom is 0.239 e. The van der Waals surface area contributed by atoms with E-state index in [1.807, 2.05) is 0 Å². The van der Waals surface area contributed by atoms with Gasteiger partial charge in [-0.05, 0) is 24.3 Å². The van der Waals surface area contributed by atoms with Crippen LogP contribution < -0.4 is 19.6 Å². The zero-order chi connectivity index (χ0) is 38.4. The number of benzene rings is 2. The zero-order valence-electron chi connectivity index (χ0n) is 27.8. The topological polar surface area (TPSA) is 317 Å². The summed E-state index contributed by atoms with van der Waals surface area (Å²) in [5.74, 6) is -1.34. The van der Waals surface area contributed by atoms with Crippen molar-refractivity contribution in [1.29, 1.82) is 0 Å². The first-order chi connectivity index (χ1) is 25.2. The fourth-order valence-electron chi connectivity index (χ4n) is 6.13. The average molecular weight is 757 g/mol. The van der Waals surface area contributed by atoms with Gasteiger partial charge in [0.1, 0.15) is 82.7 Å². The molecule has 0 radical (unpaired) electrons. The Morgan fingerprint density at radius 3 is 2.04 bits per heavy atom. The van der Waals surface area contributed by atoms with Crippen LogP contribution in [0, 0.1) is 0 Å². The fourth-order valence-corrected chi connectivity index (χ4v) is 6.13. The lowest BCUT2D eigenvalue weighted by Crippen LogP contribution is -2.62. The molecule has 0 amide bonds. The minimum absolute atomic E-state index is 0.0490. The second-order valence-electron chi connectivity index (χ2n) is 12.8. The van der Waals surface area contributed by atoms with Crippen LogP contribution in [0.25, 0.3) is 22.3 Å². The van der Waals surface area contributed by atoms with E-state index >= 15 is 0 Å². The predicted molar refractivity (Wildman–Crippen MR) is 172 cm³/mol. The number of hydrogen-bond acceptors (Lipinski definition) is 20. The molecule has 1 aromatic heterocycles. The second-order valence-corrected chi connectivity index (χ2v) is 12.8. The number of methoxy groups -OCH3 is 1. The van der Waals surface area contributed by atoms with Gasteiger partial charge in [-0.15, -0.1) is 0 Å². The van der Waals surface area contributed by atoms with Gasteiger partial charge in [0.05, 0.1) is 33.5 Å². The smallest absolute Gasteiger partial charge is 0.239 e. The number of rotatable bonds is 11. The van der Waals surface area contributed by atoms with Crippen LogP contribution in [0.3, 0.4) is 0 Å². The third-order valence-electron chi connectivity index (χ3n) is 9.29. The van der Waals surface area contributed by atoms with Crippen molar-refractivity contribution in [2.45, 2.75) is 79.4 Å². The highest BCUT2D eigenvalue weighted by molar-refractivity contribution is 5.88. The van der Waals surface area contributed by atoms with Crippen LogP contribution in [-0.4, -0.2) is 169 Å². The molecule has 3 aromatic rings. The van der Waals surface area contributed by atoms with E-state index in [4.69, 9.17) is 37.6 Å². The molecule has 3 saturated heterocycles. The molecule has 0 spiro atoms. The molecule has 0 bridgehead atoms. The van der Waals surface area contributed by atoms with Crippen molar-refractivity contribution in [2.75, 3.05) is 33.5 Å². The fraction of sp³-hybridized carbons (Fsp3) is 0.545. The molecular weight excluding hydrogens is 716 g/mol. The Hall–Kier alpha value is -3.71. The Morgan fingerprint density at radius 2 is 1.43 bits per heavy atom. The van der Waals surface area contributed by atoms with E-state index < -0.39 is 123 Å². The van der Waals surface area contributed by atoms with E-state index in [-0.39, 0.29) is 33.8 Å². The van der Waals surface area contributed by atoms with Crippen molar-refractivity contribution in [2.24, 2.45) is 0 Å². The molecular formula is C33H40O20. The van der Waals surface area contributed by atoms with Crippen LogP contribution in [0.2, 0.25) is 0 Å². The average Bonchev–Trinajstić information content (AvgIpc) is 3.44. The highest BCUT2D eigenvalue weighted by Crippen LogP contribution is 2.39. The van der Waals surface area contributed by atoms with Crippen LogP contribution in [0.15, 0.2) is 45.6 Å². The number of aliphatic hydroxyl groups is 10. The molecule has 292 valence electrons. The summed E-state index contributed by atoms with van der Waals surface area (Å²) in [7, 11) is 1.31. The van der Waals surface area contributed by atoms with E-state index in [0.717, 1.165) is 6.07 Å². The minimum atomic E-state index is -2.14. The van der Waals surface area contributed by atoms with E-state index in [9.17, 15) is 61.0 Å². The summed E-state index contributed by atoms with van der Waals surface area (Å²) >= 11 is 0. The summed E-state index contributed by atoms with van der Waals surface area (Å²) in [5, 5.41) is 113. The van der Waals surface area contributed by atoms with Gasteiger partial charge in [0.15, 0.2) is 18.2 Å². The van der Waals surface area contributed by atoms with Crippen molar-refractivity contribution in [3.05, 3.63) is 46.6 Å². The molecule has 20 nitrogen and oxygen atoms in total. The van der Waals surface area contributed by atoms with Crippen LogP contribution in [0.5, 0.6) is 23.0 Å². The number of aliphatic hydroxyl groups excluding tert-OH is 9. The zero-order valence-corrected chi connectivity index (χ0v) is 27.8. The molecule has 0 saturated carbocycles. The summed E-state index contributed by atoms with van der Waals surface area (Å²) in [5.41, 5.74) is -3.16. The molecule has 3 aliphatic rings. The highest BCUT2D eigenvalue weighted by atomic mass is 16.8. The lowest BCUT2D eigenvalue weighted by molar-refractivity contribution is -0.319. The lowest BCUT2D eigenvalue weighted by Gasteiger charge is -2.42. The maximum atomic E-state index is 14.1. The van der Waals surface area contributed by atoms with Gasteiger partial charge < -0.3 is 93.7 Å². The van der Waals surface area contributed by atoms with Crippen molar-refractivity contribution < 1.29 is 93.7 Å². The first-order valence-electron chi connectivity index (χ1n) is 16.3. The molecule has 0 aliphatic carbocycles. The van der Waals surface area contributed by atoms with Crippen molar-refractivity contribution in [3.8, 4) is 34.3 Å². The maximum absolute atomic E-state index is 14.1. The van der Waals surface area contributed by atoms with E-state index in [0.29, 0.717) is 0 Å². The van der Waals surface area contributed by atoms with Gasteiger partial charge in [0.25, 0.3) is 0 Å². The summed E-state index contributed by atoms with van der Waals surface area (Å²) in [4.78, 5) is 14.1. The van der Waals surface area contributed by atoms with Gasteiger partial charge in [-0.3, -0.25) is 4.79 Å². The van der Waals surface area contributed by atoms with Gasteiger partial charge in [-0.25, -0.2) is 0 Å². The molecule has 0 unspecified atom stereocenters. The molecule has 3 fully saturated rings. The standard InChI is InChI=1S/C33H40O20/c1-46-14-6-15(37)19-16(7-14)49-26(12-2-4-13(5-3-12)48-30-25(43)23(41)20(38)17(8-34)50-30)27(22(19)40)52-31-28(24(42)21(39)18(9-35)51-31)53-32-29(44)33(45,10-36)11-47-32/h2-7,17-18,20-21,23-25,28-32,34-39,41-45H,8-11H2,1H3/t17-,18-,20-,21-,23+,24+,25-,28-,29+,30-,31+,32+,33-/m1/s1. The predicted octanol–water partition coefficient (Wildman–Crippen LogP) is -4.00. The first kappa shape index (κ1) is 39.0. The Balaban J connectivity index is 1.38. The second kappa shape index (κ2) is 15.6. The van der Waals surface area contributed by atoms with Gasteiger partial charge in [-0.1, -0.05) is 0 Å². The molecule has 6 rings (SSSR count). The first-order valence-corrected chi connectivity index (χ1v) is 16.3. The highest BCUT2D eigenvalue weighted by Gasteiger charge is 2.54. The van der Waals surface area contributed by atoms with Crippen LogP contribution >= 0.6 is 0 Å². The van der Waals surface area contributed by atoms with E-state index in [1.165, 1.54) is 37.4 Å². The monoisotopic (exact) mass is 756 g/mol. The van der Waals surface area contributed by atoms with Crippen LogP contribution in [0.4, 0.5) is 0 Å². The van der Waals surface area contributed by atoms with Gasteiger partial charge in [0.2, 0.25) is 23.8 Å². The molecule has 4 heterocycles. The largest absolute Gasteiger partial charge is 0.507 e. The Labute approximate surface area is 298 Å². The lowest BCUT2D eigenvalue weighted by atomic mass is 9.98. The van der Waals surface area contributed by atoms with E-state index in [1.54, 1.807) is 0 Å². The number of fused-ring (bicyclic) bond motifs is 1. The number of phenols is 1. The Kier molecular flexibility index (Phi) is 11.5. The quantitative estimate of drug-likeness (QED) is 0.0888. The summed E-state index contributed by atoms with van der Waals surface area (Å²) < 4.78 is 45.0. The van der Waals surface area contributed by atoms with E-state index in [2.05, 4.69) is 0 Å². The SMILES string of the molecule is COc1cc(O)c2c(=O)c(O[C@@H]3O[C@H](CO)[C@@H](O)[C@H](O)[C@H]3O[C@@H]3OC[C@](O)(CO)[C@H]3O)c(-c3ccc(O[C@@H]4O[C@H](CO)[C@@H](O)[C@H](O)[C@H]4O)cc3)oc2c1. The van der Waals surface area contributed by atoms with Crippen molar-refractivity contribution >= 4 is 11.0 Å². The van der Waals surface area contributed by atoms with Crippen LogP contribution in [0.1, 0.15) is 0 Å². The number of hydrogen-bond donors (Lipinski definition) is 11. The number of aromatic hydroxyl groups is 1. The summed E-state index contributed by atoms with van der Waals surface area (Å²) in [6, 6.07) is 7.89. The minimum Gasteiger partial charge on any atom is -0.507 e. The summed E-state index contributed by atoms with van der Waals surface area (Å²) in [6.45, 7) is -3.02. The molecule has 2 aromatic carbocycles. The normalized spacial score (nSPS) is 36.1. The van der Waals surface area contributed by atoms with Gasteiger partial charge >= 0.3 is 0 Å². The molecule has 20 heteroatoms. The third kappa shape index (κ3) is 7.27. The van der Waals surface area contributed by atoms with Crippen molar-refractivity contribution in [1.82, 2.24) is 0 Å². The van der Waals surface area contributed by atoms with Crippen LogP contribution in [-0.2, 0) is 18.9 Å². The Morgan fingerprint density at radius 1 is 0.792 bits per heavy atom.